The van der Waals surface area contributed by atoms with Crippen molar-refractivity contribution in [3.05, 3.63) is 53.1 Å². The molecule has 3 heterocycles. The van der Waals surface area contributed by atoms with E-state index >= 15 is 0 Å². The van der Waals surface area contributed by atoms with E-state index in [0.29, 0.717) is 18.3 Å². The van der Waals surface area contributed by atoms with Crippen LogP contribution in [0.3, 0.4) is 0 Å². The van der Waals surface area contributed by atoms with Gasteiger partial charge in [0, 0.05) is 36.4 Å². The lowest BCUT2D eigenvalue weighted by Crippen LogP contribution is -2.28. The largest absolute Gasteiger partial charge is 0.493 e. The van der Waals surface area contributed by atoms with Gasteiger partial charge in [0.1, 0.15) is 11.9 Å². The van der Waals surface area contributed by atoms with Crippen LogP contribution in [0.5, 0.6) is 5.75 Å². The molecule has 6 nitrogen and oxygen atoms in total. The summed E-state index contributed by atoms with van der Waals surface area (Å²) in [5.41, 5.74) is 1.88. The molecule has 0 bridgehead atoms. The molecule has 0 spiro atoms. The zero-order valence-electron chi connectivity index (χ0n) is 18.4. The minimum Gasteiger partial charge on any atom is -0.493 e. The van der Waals surface area contributed by atoms with Crippen molar-refractivity contribution < 1.29 is 4.74 Å². The van der Waals surface area contributed by atoms with Gasteiger partial charge in [-0.15, -0.1) is 0 Å². The molecule has 1 aromatic carbocycles. The first-order valence-electron chi connectivity index (χ1n) is 11.8. The molecular formula is C25H32N4O2. The monoisotopic (exact) mass is 420 g/mol. The minimum atomic E-state index is -0.0710. The lowest BCUT2D eigenvalue weighted by Gasteiger charge is -2.24. The van der Waals surface area contributed by atoms with Gasteiger partial charge < -0.3 is 4.74 Å². The second-order valence-electron chi connectivity index (χ2n) is 9.09. The number of ether oxygens (including phenoxy) is 1. The highest BCUT2D eigenvalue weighted by Gasteiger charge is 2.21. The van der Waals surface area contributed by atoms with Crippen LogP contribution in [-0.2, 0) is 0 Å². The Kier molecular flexibility index (Phi) is 5.81. The van der Waals surface area contributed by atoms with Gasteiger partial charge in [-0.05, 0) is 62.8 Å². The smallest absolute Gasteiger partial charge is 0.258 e. The summed E-state index contributed by atoms with van der Waals surface area (Å²) in [7, 11) is 0. The third-order valence-electron chi connectivity index (χ3n) is 6.98. The number of rotatable bonds is 6. The number of likely N-dealkylation sites (tertiary alicyclic amines) is 1. The van der Waals surface area contributed by atoms with Crippen molar-refractivity contribution in [2.24, 2.45) is 5.92 Å². The Hall–Kier alpha value is -2.60. The number of fused-ring (bicyclic) bond motifs is 1. The molecule has 5 rings (SSSR count). The molecule has 1 atom stereocenters. The van der Waals surface area contributed by atoms with Crippen molar-refractivity contribution in [3.63, 3.8) is 0 Å². The predicted molar refractivity (Wildman–Crippen MR) is 123 cm³/mol. The molecule has 1 saturated carbocycles. The van der Waals surface area contributed by atoms with Gasteiger partial charge in [-0.1, -0.05) is 19.3 Å². The highest BCUT2D eigenvalue weighted by Crippen LogP contribution is 2.26. The van der Waals surface area contributed by atoms with Crippen molar-refractivity contribution in [1.29, 1.82) is 0 Å². The third kappa shape index (κ3) is 4.26. The minimum absolute atomic E-state index is 0.0710. The summed E-state index contributed by atoms with van der Waals surface area (Å²) < 4.78 is 9.70. The Morgan fingerprint density at radius 3 is 2.65 bits per heavy atom. The van der Waals surface area contributed by atoms with E-state index in [1.165, 1.54) is 44.9 Å². The molecule has 0 radical (unpaired) electrons. The van der Waals surface area contributed by atoms with Gasteiger partial charge in [-0.3, -0.25) is 14.3 Å². The molecule has 6 heteroatoms. The fourth-order valence-electron chi connectivity index (χ4n) is 5.09. The van der Waals surface area contributed by atoms with Crippen LogP contribution in [0.2, 0.25) is 0 Å². The van der Waals surface area contributed by atoms with Crippen LogP contribution < -0.4 is 10.3 Å². The molecule has 31 heavy (non-hydrogen) atoms. The maximum absolute atomic E-state index is 12.8. The van der Waals surface area contributed by atoms with Gasteiger partial charge in [-0.25, -0.2) is 4.68 Å². The first-order chi connectivity index (χ1) is 15.2. The quantitative estimate of drug-likeness (QED) is 0.577. The number of benzene rings is 1. The lowest BCUT2D eigenvalue weighted by atomic mass is 9.90. The van der Waals surface area contributed by atoms with Crippen LogP contribution in [0.1, 0.15) is 58.0 Å². The summed E-state index contributed by atoms with van der Waals surface area (Å²) in [6.45, 7) is 5.18. The van der Waals surface area contributed by atoms with Gasteiger partial charge >= 0.3 is 0 Å². The molecule has 1 aliphatic heterocycles. The Morgan fingerprint density at radius 1 is 1.06 bits per heavy atom. The average molecular weight is 421 g/mol. The van der Waals surface area contributed by atoms with E-state index in [-0.39, 0.29) is 11.7 Å². The van der Waals surface area contributed by atoms with E-state index in [0.717, 1.165) is 29.7 Å². The predicted octanol–water partition coefficient (Wildman–Crippen LogP) is 4.76. The molecule has 0 N–H and O–H groups in total. The van der Waals surface area contributed by atoms with E-state index in [9.17, 15) is 4.79 Å². The van der Waals surface area contributed by atoms with Gasteiger partial charge in [0.05, 0.1) is 18.3 Å². The van der Waals surface area contributed by atoms with E-state index in [1.54, 1.807) is 10.6 Å². The first kappa shape index (κ1) is 20.3. The first-order valence-corrected chi connectivity index (χ1v) is 11.8. The van der Waals surface area contributed by atoms with Crippen LogP contribution in [0.25, 0.3) is 16.6 Å². The average Bonchev–Trinajstić information content (AvgIpc) is 3.48. The van der Waals surface area contributed by atoms with Gasteiger partial charge in [-0.2, -0.15) is 5.10 Å². The van der Waals surface area contributed by atoms with Crippen LogP contribution in [0.4, 0.5) is 0 Å². The summed E-state index contributed by atoms with van der Waals surface area (Å²) in [6, 6.07) is 9.62. The van der Waals surface area contributed by atoms with Crippen LogP contribution in [0, 0.1) is 5.92 Å². The maximum atomic E-state index is 12.8. The number of nitrogens with zero attached hydrogens (tertiary/aromatic N) is 4. The second kappa shape index (κ2) is 8.87. The molecule has 2 aromatic heterocycles. The van der Waals surface area contributed by atoms with Gasteiger partial charge in [0.2, 0.25) is 0 Å². The highest BCUT2D eigenvalue weighted by molar-refractivity contribution is 5.81. The van der Waals surface area contributed by atoms with Crippen molar-refractivity contribution in [2.75, 3.05) is 19.7 Å². The molecule has 0 amide bonds. The number of pyridine rings is 1. The second-order valence-corrected chi connectivity index (χ2v) is 9.09. The summed E-state index contributed by atoms with van der Waals surface area (Å²) in [6.07, 6.45) is 12.9. The maximum Gasteiger partial charge on any atom is 0.258 e. The van der Waals surface area contributed by atoms with Crippen molar-refractivity contribution in [3.8, 4) is 11.4 Å². The number of hydrogen-bond donors (Lipinski definition) is 0. The summed E-state index contributed by atoms with van der Waals surface area (Å²) in [5.74, 6) is 1.29. The Morgan fingerprint density at radius 2 is 1.87 bits per heavy atom. The van der Waals surface area contributed by atoms with Crippen LogP contribution >= 0.6 is 0 Å². The van der Waals surface area contributed by atoms with E-state index in [4.69, 9.17) is 4.74 Å². The van der Waals surface area contributed by atoms with E-state index < -0.39 is 0 Å². The zero-order valence-corrected chi connectivity index (χ0v) is 18.4. The normalized spacial score (nSPS) is 19.1. The zero-order chi connectivity index (χ0) is 21.2. The third-order valence-corrected chi connectivity index (χ3v) is 6.98. The van der Waals surface area contributed by atoms with Crippen LogP contribution in [0.15, 0.2) is 47.5 Å². The Labute approximate surface area is 183 Å². The molecule has 2 fully saturated rings. The fraction of sp³-hybridized carbons (Fsp3) is 0.520. The molecule has 1 aliphatic carbocycles. The topological polar surface area (TPSA) is 52.3 Å². The standard InChI is InChI=1S/C25H32N4O2/c1-19(27-12-5-6-13-27)29-24-10-9-22(15-21(24)17-26-29)28-14-11-23(16-25(28)30)31-18-20-7-3-2-4-8-20/h9-11,14-17,19-20H,2-8,12-13,18H2,1H3. The summed E-state index contributed by atoms with van der Waals surface area (Å²) in [4.78, 5) is 15.2. The fourth-order valence-corrected chi connectivity index (χ4v) is 5.09. The van der Waals surface area contributed by atoms with Crippen molar-refractivity contribution >= 4 is 10.9 Å². The SMILES string of the molecule is CC(N1CCCC1)n1ncc2cc(-n3ccc(OCC4CCCCC4)cc3=O)ccc21. The molecule has 164 valence electrons. The molecule has 3 aromatic rings. The molecular weight excluding hydrogens is 388 g/mol. The summed E-state index contributed by atoms with van der Waals surface area (Å²) in [5, 5.41) is 5.70. The highest BCUT2D eigenvalue weighted by atomic mass is 16.5. The van der Waals surface area contributed by atoms with Crippen molar-refractivity contribution in [1.82, 2.24) is 19.2 Å². The number of hydrogen-bond acceptors (Lipinski definition) is 4. The van der Waals surface area contributed by atoms with Crippen molar-refractivity contribution in [2.45, 2.75) is 58.0 Å². The molecule has 1 saturated heterocycles. The Balaban J connectivity index is 1.33. The Bertz CT molecular complexity index is 1090. The molecule has 1 unspecified atom stereocenters. The van der Waals surface area contributed by atoms with E-state index in [1.807, 2.05) is 30.6 Å². The van der Waals surface area contributed by atoms with Crippen LogP contribution in [-0.4, -0.2) is 38.9 Å². The summed E-state index contributed by atoms with van der Waals surface area (Å²) >= 11 is 0. The molecule has 2 aliphatic rings. The number of aromatic nitrogens is 3. The van der Waals surface area contributed by atoms with Gasteiger partial charge in [0.15, 0.2) is 0 Å². The lowest BCUT2D eigenvalue weighted by molar-refractivity contribution is 0.184. The van der Waals surface area contributed by atoms with E-state index in [2.05, 4.69) is 27.7 Å². The van der Waals surface area contributed by atoms with Gasteiger partial charge in [0.25, 0.3) is 5.56 Å².